The van der Waals surface area contributed by atoms with Crippen molar-refractivity contribution in [2.45, 2.75) is 31.9 Å². The van der Waals surface area contributed by atoms with Crippen molar-refractivity contribution in [1.82, 2.24) is 25.4 Å². The van der Waals surface area contributed by atoms with E-state index in [1.807, 2.05) is 0 Å². The Morgan fingerprint density at radius 1 is 1.26 bits per heavy atom. The van der Waals surface area contributed by atoms with Crippen LogP contribution in [0.3, 0.4) is 0 Å². The summed E-state index contributed by atoms with van der Waals surface area (Å²) in [5.41, 5.74) is 12.3. The molecule has 0 saturated heterocycles. The Morgan fingerprint density at radius 2 is 2.09 bits per heavy atom. The molecule has 184 valence electrons. The van der Waals surface area contributed by atoms with Crippen LogP contribution < -0.4 is 16.0 Å². The molecule has 0 amide bonds. The fraction of sp³-hybridized carbons (Fsp3) is 0.348. The molecular formula is C23H26FN7O4. The molecule has 3 heterocycles. The Balaban J connectivity index is 1.73. The number of anilines is 1. The van der Waals surface area contributed by atoms with Crippen LogP contribution in [-0.4, -0.2) is 62.4 Å². The number of nitrogen functional groups attached to an aromatic ring is 1. The fourth-order valence-corrected chi connectivity index (χ4v) is 3.84. The molecular weight excluding hydrogens is 457 g/mol. The molecule has 0 unspecified atom stereocenters. The molecule has 5 N–H and O–H groups in total. The first kappa shape index (κ1) is 24.4. The smallest absolute Gasteiger partial charge is 0.232 e. The molecule has 0 bridgehead atoms. The van der Waals surface area contributed by atoms with Gasteiger partial charge in [0.25, 0.3) is 0 Å². The van der Waals surface area contributed by atoms with Gasteiger partial charge < -0.3 is 20.7 Å². The van der Waals surface area contributed by atoms with Crippen molar-refractivity contribution in [1.29, 1.82) is 0 Å². The lowest BCUT2D eigenvalue weighted by molar-refractivity contribution is 0.0287. The number of fused-ring (bicyclic) bond motifs is 1. The lowest BCUT2D eigenvalue weighted by atomic mass is 9.91. The van der Waals surface area contributed by atoms with Gasteiger partial charge in [-0.1, -0.05) is 6.07 Å². The zero-order valence-electron chi connectivity index (χ0n) is 19.3. The summed E-state index contributed by atoms with van der Waals surface area (Å²) >= 11 is 0. The molecule has 3 aromatic rings. The van der Waals surface area contributed by atoms with Crippen molar-refractivity contribution in [2.24, 2.45) is 4.99 Å². The number of benzene rings is 1. The lowest BCUT2D eigenvalue weighted by Crippen LogP contribution is -2.33. The van der Waals surface area contributed by atoms with Gasteiger partial charge in [-0.25, -0.2) is 24.8 Å². The number of aromatic nitrogens is 4. The van der Waals surface area contributed by atoms with Crippen molar-refractivity contribution in [2.75, 3.05) is 26.1 Å². The van der Waals surface area contributed by atoms with Gasteiger partial charge in [0.2, 0.25) is 11.8 Å². The number of rotatable bonds is 8. The van der Waals surface area contributed by atoms with Crippen LogP contribution in [0.2, 0.25) is 0 Å². The van der Waals surface area contributed by atoms with E-state index in [9.17, 15) is 9.50 Å². The summed E-state index contributed by atoms with van der Waals surface area (Å²) in [6.07, 6.45) is 2.71. The predicted molar refractivity (Wildman–Crippen MR) is 125 cm³/mol. The Bertz CT molecular complexity index is 1240. The van der Waals surface area contributed by atoms with E-state index in [1.165, 1.54) is 31.6 Å². The van der Waals surface area contributed by atoms with Gasteiger partial charge in [-0.05, 0) is 24.6 Å². The number of methoxy groups -OCH3 is 1. The Morgan fingerprint density at radius 3 is 2.86 bits per heavy atom. The molecule has 12 heteroatoms. The van der Waals surface area contributed by atoms with Crippen molar-refractivity contribution < 1.29 is 24.2 Å². The monoisotopic (exact) mass is 483 g/mol. The van der Waals surface area contributed by atoms with Crippen molar-refractivity contribution >= 4 is 11.8 Å². The van der Waals surface area contributed by atoms with Gasteiger partial charge in [0.1, 0.15) is 5.82 Å². The van der Waals surface area contributed by atoms with E-state index in [1.54, 1.807) is 13.0 Å². The largest absolute Gasteiger partial charge is 0.480 e. The summed E-state index contributed by atoms with van der Waals surface area (Å²) < 4.78 is 19.5. The molecule has 4 rings (SSSR count). The first-order valence-corrected chi connectivity index (χ1v) is 10.9. The Kier molecular flexibility index (Phi) is 7.44. The van der Waals surface area contributed by atoms with E-state index in [-0.39, 0.29) is 25.6 Å². The highest BCUT2D eigenvalue weighted by molar-refractivity contribution is 6.01. The van der Waals surface area contributed by atoms with Crippen molar-refractivity contribution in [3.63, 3.8) is 0 Å². The number of hydroxylamine groups is 1. The summed E-state index contributed by atoms with van der Waals surface area (Å²) in [7, 11) is 1.48. The van der Waals surface area contributed by atoms with Gasteiger partial charge in [-0.3, -0.25) is 14.8 Å². The van der Waals surface area contributed by atoms with E-state index in [4.69, 9.17) is 25.4 Å². The van der Waals surface area contributed by atoms with Crippen LogP contribution in [0.5, 0.6) is 5.88 Å². The second-order valence-electron chi connectivity index (χ2n) is 7.94. The summed E-state index contributed by atoms with van der Waals surface area (Å²) in [6.45, 7) is 1.55. The van der Waals surface area contributed by atoms with Crippen LogP contribution in [0.4, 0.5) is 10.3 Å². The summed E-state index contributed by atoms with van der Waals surface area (Å²) in [4.78, 5) is 27.5. The van der Waals surface area contributed by atoms with Gasteiger partial charge >= 0.3 is 0 Å². The Hall–Kier alpha value is -3.74. The SMILES string of the molecule is COc1cncc(-c2cc(F)ccc2[C@H]2Cc3nc(N)nc(C)c3C(NOCC[C@H](O)CO)=N2)n1. The number of amidine groups is 1. The number of hydrogen-bond donors (Lipinski definition) is 4. The summed E-state index contributed by atoms with van der Waals surface area (Å²) in [5.74, 6) is 0.373. The second-order valence-corrected chi connectivity index (χ2v) is 7.94. The van der Waals surface area contributed by atoms with E-state index in [0.717, 1.165) is 0 Å². The zero-order chi connectivity index (χ0) is 24.9. The third kappa shape index (κ3) is 5.50. The van der Waals surface area contributed by atoms with Crippen LogP contribution in [0.25, 0.3) is 11.3 Å². The zero-order valence-corrected chi connectivity index (χ0v) is 19.3. The average Bonchev–Trinajstić information content (AvgIpc) is 2.85. The molecule has 11 nitrogen and oxygen atoms in total. The van der Waals surface area contributed by atoms with Gasteiger partial charge in [0, 0.05) is 18.4 Å². The normalized spacial score (nSPS) is 15.8. The molecule has 1 aliphatic heterocycles. The minimum atomic E-state index is -0.888. The van der Waals surface area contributed by atoms with Gasteiger partial charge in [-0.2, -0.15) is 0 Å². The van der Waals surface area contributed by atoms with Crippen LogP contribution in [-0.2, 0) is 11.3 Å². The van der Waals surface area contributed by atoms with Crippen molar-refractivity contribution in [3.05, 3.63) is 58.9 Å². The van der Waals surface area contributed by atoms with E-state index in [2.05, 4.69) is 25.4 Å². The maximum atomic E-state index is 14.3. The number of aliphatic imine (C=N–C) groups is 1. The standard InChI is InChI=1S/C23H26FN7O4/c1-12-21-18(30-23(25)27-12)8-17(29-22(21)31-35-6-5-14(33)11-32)15-4-3-13(24)7-16(15)19-9-26-10-20(28-19)34-2/h3-4,7,9-10,14,17,32-33H,5-6,8,11H2,1-2H3,(H,29,31)(H2,25,27,30)/t14-,17+/m0/s1. The summed E-state index contributed by atoms with van der Waals surface area (Å²) in [5, 5.41) is 18.5. The minimum absolute atomic E-state index is 0.122. The fourth-order valence-electron chi connectivity index (χ4n) is 3.84. The molecule has 0 radical (unpaired) electrons. The predicted octanol–water partition coefficient (Wildman–Crippen LogP) is 1.28. The lowest BCUT2D eigenvalue weighted by Gasteiger charge is -2.26. The first-order chi connectivity index (χ1) is 16.9. The van der Waals surface area contributed by atoms with Gasteiger partial charge in [0.05, 0.1) is 67.5 Å². The quantitative estimate of drug-likeness (QED) is 0.271. The maximum absolute atomic E-state index is 14.3. The minimum Gasteiger partial charge on any atom is -0.480 e. The third-order valence-electron chi connectivity index (χ3n) is 5.50. The Labute approximate surface area is 200 Å². The number of halogens is 1. The van der Waals surface area contributed by atoms with Crippen LogP contribution in [0.15, 0.2) is 35.6 Å². The molecule has 1 aliphatic rings. The second kappa shape index (κ2) is 10.7. The number of hydrogen-bond acceptors (Lipinski definition) is 11. The highest BCUT2D eigenvalue weighted by atomic mass is 19.1. The van der Waals surface area contributed by atoms with E-state index in [0.29, 0.717) is 51.9 Å². The number of aliphatic hydroxyl groups excluding tert-OH is 2. The molecule has 2 atom stereocenters. The number of nitrogens with zero attached hydrogens (tertiary/aromatic N) is 5. The van der Waals surface area contributed by atoms with E-state index >= 15 is 0 Å². The molecule has 0 aliphatic carbocycles. The molecule has 35 heavy (non-hydrogen) atoms. The average molecular weight is 484 g/mol. The number of aliphatic hydroxyl groups is 2. The third-order valence-corrected chi connectivity index (χ3v) is 5.50. The molecule has 0 spiro atoms. The number of nitrogens with one attached hydrogen (secondary N) is 1. The highest BCUT2D eigenvalue weighted by Crippen LogP contribution is 2.36. The highest BCUT2D eigenvalue weighted by Gasteiger charge is 2.29. The topological polar surface area (TPSA) is 161 Å². The van der Waals surface area contributed by atoms with Crippen LogP contribution in [0, 0.1) is 12.7 Å². The molecule has 1 aromatic carbocycles. The summed E-state index contributed by atoms with van der Waals surface area (Å²) in [6, 6.07) is 3.91. The molecule has 0 fully saturated rings. The van der Waals surface area contributed by atoms with E-state index < -0.39 is 18.0 Å². The maximum Gasteiger partial charge on any atom is 0.232 e. The first-order valence-electron chi connectivity index (χ1n) is 10.9. The number of ether oxygens (including phenoxy) is 1. The molecule has 0 saturated carbocycles. The van der Waals surface area contributed by atoms with Crippen LogP contribution >= 0.6 is 0 Å². The van der Waals surface area contributed by atoms with Gasteiger partial charge in [-0.15, -0.1) is 0 Å². The number of nitrogens with two attached hydrogens (primary N) is 1. The number of aryl methyl sites for hydroxylation is 1. The van der Waals surface area contributed by atoms with Crippen molar-refractivity contribution in [3.8, 4) is 17.1 Å². The van der Waals surface area contributed by atoms with Crippen LogP contribution in [0.1, 0.15) is 35.0 Å². The molecule has 2 aromatic heterocycles. The van der Waals surface area contributed by atoms with Gasteiger partial charge in [0.15, 0.2) is 5.84 Å².